The van der Waals surface area contributed by atoms with Crippen LogP contribution in [0, 0.1) is 0 Å². The zero-order valence-corrected chi connectivity index (χ0v) is 13.2. The predicted octanol–water partition coefficient (Wildman–Crippen LogP) is 3.02. The SMILES string of the molecule is CCc1nc(-c2cc(OC)ccc2OC)sc1C(N)=S. The number of hydrogen-bond acceptors (Lipinski definition) is 5. The molecular formula is C14H16N2O2S2. The number of thiazole rings is 1. The minimum absolute atomic E-state index is 0.382. The summed E-state index contributed by atoms with van der Waals surface area (Å²) in [5.41, 5.74) is 7.56. The Bertz CT molecular complexity index is 638. The van der Waals surface area contributed by atoms with Gasteiger partial charge in [-0.15, -0.1) is 11.3 Å². The molecule has 0 spiro atoms. The van der Waals surface area contributed by atoms with Crippen LogP contribution >= 0.6 is 23.6 Å². The van der Waals surface area contributed by atoms with Gasteiger partial charge in [-0.25, -0.2) is 4.98 Å². The number of rotatable bonds is 5. The first-order chi connectivity index (χ1) is 9.60. The number of thiocarbonyl (C=S) groups is 1. The van der Waals surface area contributed by atoms with E-state index in [1.165, 1.54) is 11.3 Å². The molecule has 1 aromatic heterocycles. The highest BCUT2D eigenvalue weighted by Gasteiger charge is 2.16. The van der Waals surface area contributed by atoms with E-state index in [0.29, 0.717) is 4.99 Å². The molecule has 0 saturated heterocycles. The summed E-state index contributed by atoms with van der Waals surface area (Å²) in [4.78, 5) is 5.86. The van der Waals surface area contributed by atoms with Gasteiger partial charge in [0.2, 0.25) is 0 Å². The lowest BCUT2D eigenvalue weighted by atomic mass is 10.2. The molecule has 2 aromatic rings. The Hall–Kier alpha value is -1.66. The normalized spacial score (nSPS) is 10.3. The highest BCUT2D eigenvalue weighted by Crippen LogP contribution is 2.37. The van der Waals surface area contributed by atoms with Gasteiger partial charge in [0.15, 0.2) is 0 Å². The van der Waals surface area contributed by atoms with Crippen molar-refractivity contribution in [3.63, 3.8) is 0 Å². The maximum absolute atomic E-state index is 5.75. The lowest BCUT2D eigenvalue weighted by Gasteiger charge is -2.08. The minimum atomic E-state index is 0.382. The molecule has 0 atom stereocenters. The first-order valence-corrected chi connectivity index (χ1v) is 7.35. The fourth-order valence-corrected chi connectivity index (χ4v) is 3.15. The molecule has 0 saturated carbocycles. The van der Waals surface area contributed by atoms with Crippen LogP contribution in [0.5, 0.6) is 11.5 Å². The van der Waals surface area contributed by atoms with Crippen molar-refractivity contribution in [2.24, 2.45) is 5.73 Å². The third-order valence-corrected chi connectivity index (χ3v) is 4.39. The number of aryl methyl sites for hydroxylation is 1. The quantitative estimate of drug-likeness (QED) is 0.860. The summed E-state index contributed by atoms with van der Waals surface area (Å²) in [6, 6.07) is 5.62. The van der Waals surface area contributed by atoms with Gasteiger partial charge in [0.25, 0.3) is 0 Å². The average molecular weight is 308 g/mol. The maximum Gasteiger partial charge on any atom is 0.129 e. The molecule has 2 rings (SSSR count). The Balaban J connectivity index is 2.58. The topological polar surface area (TPSA) is 57.4 Å². The van der Waals surface area contributed by atoms with E-state index in [9.17, 15) is 0 Å². The van der Waals surface area contributed by atoms with Crippen molar-refractivity contribution in [1.82, 2.24) is 4.98 Å². The zero-order valence-electron chi connectivity index (χ0n) is 11.6. The summed E-state index contributed by atoms with van der Waals surface area (Å²) in [7, 11) is 3.26. The Morgan fingerprint density at radius 1 is 1.35 bits per heavy atom. The summed E-state index contributed by atoms with van der Waals surface area (Å²) in [6.07, 6.45) is 0.787. The number of methoxy groups -OCH3 is 2. The van der Waals surface area contributed by atoms with E-state index in [2.05, 4.69) is 4.98 Å². The van der Waals surface area contributed by atoms with Gasteiger partial charge >= 0.3 is 0 Å². The third kappa shape index (κ3) is 2.76. The van der Waals surface area contributed by atoms with Crippen LogP contribution in [0.25, 0.3) is 10.6 Å². The second kappa shape index (κ2) is 6.19. The molecule has 0 radical (unpaired) electrons. The molecule has 0 aliphatic carbocycles. The first kappa shape index (κ1) is 14.7. The van der Waals surface area contributed by atoms with E-state index < -0.39 is 0 Å². The summed E-state index contributed by atoms with van der Waals surface area (Å²) in [5, 5.41) is 0.834. The highest BCUT2D eigenvalue weighted by molar-refractivity contribution is 7.81. The van der Waals surface area contributed by atoms with Gasteiger partial charge in [0.1, 0.15) is 21.5 Å². The maximum atomic E-state index is 5.75. The van der Waals surface area contributed by atoms with E-state index in [1.807, 2.05) is 25.1 Å². The Labute approximate surface area is 127 Å². The molecule has 0 amide bonds. The molecule has 6 heteroatoms. The molecule has 2 N–H and O–H groups in total. The van der Waals surface area contributed by atoms with E-state index in [4.69, 9.17) is 27.4 Å². The largest absolute Gasteiger partial charge is 0.497 e. The van der Waals surface area contributed by atoms with E-state index >= 15 is 0 Å². The molecular weight excluding hydrogens is 292 g/mol. The summed E-state index contributed by atoms with van der Waals surface area (Å²) in [6.45, 7) is 2.03. The average Bonchev–Trinajstić information content (AvgIpc) is 2.90. The van der Waals surface area contributed by atoms with Crippen LogP contribution in [0.3, 0.4) is 0 Å². The monoisotopic (exact) mass is 308 g/mol. The van der Waals surface area contributed by atoms with Gasteiger partial charge < -0.3 is 15.2 Å². The van der Waals surface area contributed by atoms with Crippen LogP contribution in [0.4, 0.5) is 0 Å². The van der Waals surface area contributed by atoms with Crippen LogP contribution in [0.1, 0.15) is 17.5 Å². The zero-order chi connectivity index (χ0) is 14.7. The number of ether oxygens (including phenoxy) is 2. The molecule has 1 aromatic carbocycles. The summed E-state index contributed by atoms with van der Waals surface area (Å²) >= 11 is 6.56. The molecule has 4 nitrogen and oxygen atoms in total. The predicted molar refractivity (Wildman–Crippen MR) is 85.9 cm³/mol. The summed E-state index contributed by atoms with van der Waals surface area (Å²) in [5.74, 6) is 1.50. The van der Waals surface area contributed by atoms with Crippen molar-refractivity contribution in [2.45, 2.75) is 13.3 Å². The number of nitrogens with two attached hydrogens (primary N) is 1. The fraction of sp³-hybridized carbons (Fsp3) is 0.286. The molecule has 1 heterocycles. The number of hydrogen-bond donors (Lipinski definition) is 1. The molecule has 0 aliphatic heterocycles. The van der Waals surface area contributed by atoms with Crippen LogP contribution in [-0.4, -0.2) is 24.2 Å². The second-order valence-electron chi connectivity index (χ2n) is 4.08. The van der Waals surface area contributed by atoms with E-state index in [-0.39, 0.29) is 0 Å². The Morgan fingerprint density at radius 3 is 2.60 bits per heavy atom. The smallest absolute Gasteiger partial charge is 0.129 e. The molecule has 0 bridgehead atoms. The van der Waals surface area contributed by atoms with Crippen molar-refractivity contribution < 1.29 is 9.47 Å². The fourth-order valence-electron chi connectivity index (χ4n) is 1.88. The van der Waals surface area contributed by atoms with Gasteiger partial charge in [-0.2, -0.15) is 0 Å². The molecule has 20 heavy (non-hydrogen) atoms. The van der Waals surface area contributed by atoms with Crippen LogP contribution in [-0.2, 0) is 6.42 Å². The van der Waals surface area contributed by atoms with Crippen LogP contribution < -0.4 is 15.2 Å². The highest BCUT2D eigenvalue weighted by atomic mass is 32.1. The first-order valence-electron chi connectivity index (χ1n) is 6.12. The number of nitrogens with zero attached hydrogens (tertiary/aromatic N) is 1. The van der Waals surface area contributed by atoms with Crippen molar-refractivity contribution in [1.29, 1.82) is 0 Å². The third-order valence-electron chi connectivity index (χ3n) is 2.89. The number of aromatic nitrogens is 1. The van der Waals surface area contributed by atoms with Crippen molar-refractivity contribution >= 4 is 28.5 Å². The van der Waals surface area contributed by atoms with Gasteiger partial charge in [-0.05, 0) is 24.6 Å². The standard InChI is InChI=1S/C14H16N2O2S2/c1-4-10-12(13(15)19)20-14(16-10)9-7-8(17-2)5-6-11(9)18-3/h5-7H,4H2,1-3H3,(H2,15,19). The Kier molecular flexibility index (Phi) is 4.57. The van der Waals surface area contributed by atoms with E-state index in [1.54, 1.807) is 14.2 Å². The van der Waals surface area contributed by atoms with Crippen LogP contribution in [0.2, 0.25) is 0 Å². The Morgan fingerprint density at radius 2 is 2.10 bits per heavy atom. The molecule has 0 aliphatic rings. The second-order valence-corrected chi connectivity index (χ2v) is 5.52. The van der Waals surface area contributed by atoms with Crippen molar-refractivity contribution in [2.75, 3.05) is 14.2 Å². The lowest BCUT2D eigenvalue weighted by molar-refractivity contribution is 0.404. The lowest BCUT2D eigenvalue weighted by Crippen LogP contribution is -2.09. The van der Waals surface area contributed by atoms with Gasteiger partial charge in [-0.3, -0.25) is 0 Å². The molecule has 0 fully saturated rings. The number of benzene rings is 1. The van der Waals surface area contributed by atoms with Crippen molar-refractivity contribution in [3.05, 3.63) is 28.8 Å². The van der Waals surface area contributed by atoms with Gasteiger partial charge in [0.05, 0.1) is 30.4 Å². The van der Waals surface area contributed by atoms with E-state index in [0.717, 1.165) is 39.1 Å². The van der Waals surface area contributed by atoms with Crippen LogP contribution in [0.15, 0.2) is 18.2 Å². The molecule has 106 valence electrons. The minimum Gasteiger partial charge on any atom is -0.497 e. The van der Waals surface area contributed by atoms with Gasteiger partial charge in [0, 0.05) is 0 Å². The van der Waals surface area contributed by atoms with Gasteiger partial charge in [-0.1, -0.05) is 19.1 Å². The summed E-state index contributed by atoms with van der Waals surface area (Å²) < 4.78 is 10.6. The molecule has 0 unspecified atom stereocenters. The van der Waals surface area contributed by atoms with Crippen molar-refractivity contribution in [3.8, 4) is 22.1 Å².